The summed E-state index contributed by atoms with van der Waals surface area (Å²) in [6.45, 7) is 4.91. The fourth-order valence-corrected chi connectivity index (χ4v) is 2.02. The van der Waals surface area contributed by atoms with E-state index in [1.54, 1.807) is 12.3 Å². The maximum atomic E-state index is 12.1. The number of nitrogens with zero attached hydrogens (tertiary/aromatic N) is 1. The summed E-state index contributed by atoms with van der Waals surface area (Å²) < 4.78 is 0. The Bertz CT molecular complexity index is 626. The minimum atomic E-state index is -0.152. The van der Waals surface area contributed by atoms with Crippen LogP contribution >= 0.6 is 11.6 Å². The number of nitrogens with one attached hydrogen (secondary N) is 2. The van der Waals surface area contributed by atoms with Crippen molar-refractivity contribution in [1.82, 2.24) is 10.3 Å². The molecule has 1 aromatic carbocycles. The number of halogens is 1. The summed E-state index contributed by atoms with van der Waals surface area (Å²) in [5.74, 6) is 0.409. The van der Waals surface area contributed by atoms with Crippen molar-refractivity contribution < 1.29 is 4.79 Å². The molecule has 0 atom stereocenters. The minimum absolute atomic E-state index is 0.152. The minimum Gasteiger partial charge on any atom is -0.355 e. The molecule has 5 heteroatoms. The Labute approximate surface area is 135 Å². The summed E-state index contributed by atoms with van der Waals surface area (Å²) >= 11 is 5.86. The molecule has 1 aromatic heterocycles. The van der Waals surface area contributed by atoms with Crippen LogP contribution in [0, 0.1) is 5.92 Å². The Kier molecular flexibility index (Phi) is 5.78. The summed E-state index contributed by atoms with van der Waals surface area (Å²) in [5.41, 5.74) is 2.12. The van der Waals surface area contributed by atoms with Gasteiger partial charge in [-0.25, -0.2) is 0 Å². The normalized spacial score (nSPS) is 10.5. The van der Waals surface area contributed by atoms with Crippen molar-refractivity contribution in [1.29, 1.82) is 0 Å². The molecule has 2 N–H and O–H groups in total. The van der Waals surface area contributed by atoms with Gasteiger partial charge < -0.3 is 10.6 Å². The molecule has 1 amide bonds. The van der Waals surface area contributed by atoms with E-state index in [4.69, 9.17) is 11.6 Å². The Hall–Kier alpha value is -2.07. The van der Waals surface area contributed by atoms with Crippen LogP contribution in [0.4, 0.5) is 11.4 Å². The molecule has 0 saturated heterocycles. The fraction of sp³-hybridized carbons (Fsp3) is 0.294. The number of anilines is 2. The largest absolute Gasteiger partial charge is 0.355 e. The van der Waals surface area contributed by atoms with Crippen LogP contribution in [-0.2, 0) is 0 Å². The van der Waals surface area contributed by atoms with Gasteiger partial charge in [0.2, 0.25) is 0 Å². The van der Waals surface area contributed by atoms with Gasteiger partial charge in [0.25, 0.3) is 5.91 Å². The summed E-state index contributed by atoms with van der Waals surface area (Å²) in [7, 11) is 0. The number of amides is 1. The first-order valence-corrected chi connectivity index (χ1v) is 7.69. The van der Waals surface area contributed by atoms with Crippen LogP contribution in [0.2, 0.25) is 5.02 Å². The van der Waals surface area contributed by atoms with Crippen molar-refractivity contribution in [3.8, 4) is 0 Å². The SMILES string of the molecule is CC(C)CCNC(=O)c1cc(Nc2ccc(Cl)cc2)ccn1. The van der Waals surface area contributed by atoms with E-state index >= 15 is 0 Å². The zero-order valence-corrected chi connectivity index (χ0v) is 13.5. The average molecular weight is 318 g/mol. The number of carbonyl (C=O) groups is 1. The third-order valence-electron chi connectivity index (χ3n) is 3.13. The lowest BCUT2D eigenvalue weighted by molar-refractivity contribution is 0.0947. The highest BCUT2D eigenvalue weighted by molar-refractivity contribution is 6.30. The van der Waals surface area contributed by atoms with Crippen LogP contribution in [0.3, 0.4) is 0 Å². The lowest BCUT2D eigenvalue weighted by Gasteiger charge is -2.09. The van der Waals surface area contributed by atoms with Crippen molar-refractivity contribution in [2.75, 3.05) is 11.9 Å². The van der Waals surface area contributed by atoms with E-state index in [2.05, 4.69) is 29.5 Å². The number of hydrogen-bond acceptors (Lipinski definition) is 3. The molecule has 0 aliphatic carbocycles. The van der Waals surface area contributed by atoms with Crippen LogP contribution in [0.25, 0.3) is 0 Å². The van der Waals surface area contributed by atoms with Crippen LogP contribution in [0.5, 0.6) is 0 Å². The molecule has 116 valence electrons. The van der Waals surface area contributed by atoms with Crippen LogP contribution in [0.15, 0.2) is 42.6 Å². The van der Waals surface area contributed by atoms with Crippen LogP contribution < -0.4 is 10.6 Å². The van der Waals surface area contributed by atoms with Crippen LogP contribution in [-0.4, -0.2) is 17.4 Å². The molecule has 0 fully saturated rings. The Morgan fingerprint density at radius 2 is 1.91 bits per heavy atom. The van der Waals surface area contributed by atoms with E-state index in [0.717, 1.165) is 17.8 Å². The predicted molar refractivity (Wildman–Crippen MR) is 90.8 cm³/mol. The molecule has 2 aromatic rings. The third-order valence-corrected chi connectivity index (χ3v) is 3.38. The van der Waals surface area contributed by atoms with Gasteiger partial charge in [0, 0.05) is 29.1 Å². The highest BCUT2D eigenvalue weighted by Crippen LogP contribution is 2.19. The Balaban J connectivity index is 2.00. The molecule has 0 unspecified atom stereocenters. The summed E-state index contributed by atoms with van der Waals surface area (Å²) in [4.78, 5) is 16.2. The fourth-order valence-electron chi connectivity index (χ4n) is 1.90. The predicted octanol–water partition coefficient (Wildman–Crippen LogP) is 4.25. The van der Waals surface area contributed by atoms with Crippen LogP contribution in [0.1, 0.15) is 30.8 Å². The van der Waals surface area contributed by atoms with E-state index in [9.17, 15) is 4.79 Å². The molecule has 0 spiro atoms. The molecule has 0 radical (unpaired) electrons. The second kappa shape index (κ2) is 7.80. The van der Waals surface area contributed by atoms with Crippen molar-refractivity contribution >= 4 is 28.9 Å². The van der Waals surface area contributed by atoms with Gasteiger partial charge in [0.15, 0.2) is 0 Å². The lowest BCUT2D eigenvalue weighted by atomic mass is 10.1. The Morgan fingerprint density at radius 3 is 2.59 bits per heavy atom. The smallest absolute Gasteiger partial charge is 0.269 e. The van der Waals surface area contributed by atoms with Crippen molar-refractivity contribution in [2.45, 2.75) is 20.3 Å². The van der Waals surface area contributed by atoms with Gasteiger partial charge in [-0.3, -0.25) is 9.78 Å². The molecular formula is C17H20ClN3O. The van der Waals surface area contributed by atoms with Crippen molar-refractivity contribution in [3.05, 3.63) is 53.3 Å². The molecule has 22 heavy (non-hydrogen) atoms. The highest BCUT2D eigenvalue weighted by Gasteiger charge is 2.08. The van der Waals surface area contributed by atoms with Gasteiger partial charge in [-0.2, -0.15) is 0 Å². The molecule has 0 bridgehead atoms. The quantitative estimate of drug-likeness (QED) is 0.837. The molecule has 1 heterocycles. The first kappa shape index (κ1) is 16.3. The first-order valence-electron chi connectivity index (χ1n) is 7.31. The summed E-state index contributed by atoms with van der Waals surface area (Å²) in [6, 6.07) is 10.9. The van der Waals surface area contributed by atoms with Gasteiger partial charge in [-0.05, 0) is 48.7 Å². The summed E-state index contributed by atoms with van der Waals surface area (Å²) in [5, 5.41) is 6.79. The number of rotatable bonds is 6. The number of pyridine rings is 1. The maximum Gasteiger partial charge on any atom is 0.269 e. The second-order valence-electron chi connectivity index (χ2n) is 5.50. The maximum absolute atomic E-state index is 12.1. The van der Waals surface area contributed by atoms with Crippen molar-refractivity contribution in [3.63, 3.8) is 0 Å². The van der Waals surface area contributed by atoms with E-state index in [1.165, 1.54) is 0 Å². The lowest BCUT2D eigenvalue weighted by Crippen LogP contribution is -2.26. The zero-order chi connectivity index (χ0) is 15.9. The van der Waals surface area contributed by atoms with Gasteiger partial charge >= 0.3 is 0 Å². The van der Waals surface area contributed by atoms with E-state index in [1.807, 2.05) is 30.3 Å². The third kappa shape index (κ3) is 5.04. The second-order valence-corrected chi connectivity index (χ2v) is 5.94. The zero-order valence-electron chi connectivity index (χ0n) is 12.8. The summed E-state index contributed by atoms with van der Waals surface area (Å²) in [6.07, 6.45) is 2.57. The van der Waals surface area contributed by atoms with Gasteiger partial charge in [-0.1, -0.05) is 25.4 Å². The van der Waals surface area contributed by atoms with E-state index < -0.39 is 0 Å². The van der Waals surface area contributed by atoms with Crippen molar-refractivity contribution in [2.24, 2.45) is 5.92 Å². The molecule has 0 aliphatic heterocycles. The van der Waals surface area contributed by atoms with Gasteiger partial charge in [-0.15, -0.1) is 0 Å². The molecule has 0 saturated carbocycles. The van der Waals surface area contributed by atoms with E-state index in [-0.39, 0.29) is 5.91 Å². The number of aromatic nitrogens is 1. The number of carbonyl (C=O) groups excluding carboxylic acids is 1. The topological polar surface area (TPSA) is 54.0 Å². The first-order chi connectivity index (χ1) is 10.5. The van der Waals surface area contributed by atoms with Gasteiger partial charge in [0.05, 0.1) is 0 Å². The number of hydrogen-bond donors (Lipinski definition) is 2. The Morgan fingerprint density at radius 1 is 1.18 bits per heavy atom. The average Bonchev–Trinajstić information content (AvgIpc) is 2.49. The van der Waals surface area contributed by atoms with Gasteiger partial charge in [0.1, 0.15) is 5.69 Å². The number of benzene rings is 1. The highest BCUT2D eigenvalue weighted by atomic mass is 35.5. The van der Waals surface area contributed by atoms with E-state index in [0.29, 0.717) is 23.2 Å². The molecular weight excluding hydrogens is 298 g/mol. The molecule has 0 aliphatic rings. The monoisotopic (exact) mass is 317 g/mol. The standard InChI is InChI=1S/C17H20ClN3O/c1-12(2)7-9-20-17(22)16-11-15(8-10-19-16)21-14-5-3-13(18)4-6-14/h3-6,8,10-12H,7,9H2,1-2H3,(H,19,21)(H,20,22). The molecule has 4 nitrogen and oxygen atoms in total. The molecule has 2 rings (SSSR count).